The van der Waals surface area contributed by atoms with E-state index in [1.165, 1.54) is 19.4 Å². The third-order valence-corrected chi connectivity index (χ3v) is 1.62. The number of methoxy groups -OCH3 is 1. The van der Waals surface area contributed by atoms with E-state index >= 15 is 0 Å². The van der Waals surface area contributed by atoms with Crippen molar-refractivity contribution in [3.05, 3.63) is 36.1 Å². The number of hydrogen-bond donors (Lipinski definition) is 2. The smallest absolute Gasteiger partial charge is 0.325 e. The van der Waals surface area contributed by atoms with Crippen LogP contribution in [0, 0.1) is 0 Å². The first-order chi connectivity index (χ1) is 7.65. The normalized spacial score (nSPS) is 12.0. The number of amides is 1. The van der Waals surface area contributed by atoms with Gasteiger partial charge >= 0.3 is 5.97 Å². The van der Waals surface area contributed by atoms with Crippen LogP contribution in [-0.4, -0.2) is 25.5 Å². The molecular weight excluding hydrogens is 208 g/mol. The predicted octanol–water partition coefficient (Wildman–Crippen LogP) is 0.250. The van der Waals surface area contributed by atoms with Gasteiger partial charge in [-0.25, -0.2) is 0 Å². The van der Waals surface area contributed by atoms with Crippen molar-refractivity contribution in [3.63, 3.8) is 0 Å². The summed E-state index contributed by atoms with van der Waals surface area (Å²) in [6, 6.07) is 0. The fourth-order valence-corrected chi connectivity index (χ4v) is 0.872. The molecule has 0 unspecified atom stereocenters. The van der Waals surface area contributed by atoms with E-state index in [1.54, 1.807) is 25.2 Å². The molecule has 0 radical (unpaired) electrons. The van der Waals surface area contributed by atoms with Gasteiger partial charge in [0.15, 0.2) is 0 Å². The molecule has 5 heteroatoms. The third-order valence-electron chi connectivity index (χ3n) is 1.62. The molecule has 1 amide bonds. The largest absolute Gasteiger partial charge is 0.468 e. The van der Waals surface area contributed by atoms with Crippen molar-refractivity contribution in [1.29, 1.82) is 0 Å². The van der Waals surface area contributed by atoms with E-state index in [2.05, 4.69) is 10.1 Å². The van der Waals surface area contributed by atoms with Crippen molar-refractivity contribution in [3.8, 4) is 0 Å². The summed E-state index contributed by atoms with van der Waals surface area (Å²) < 4.78 is 4.40. The molecular formula is C11H16N2O3. The first-order valence-corrected chi connectivity index (χ1v) is 4.72. The van der Waals surface area contributed by atoms with E-state index in [0.717, 1.165) is 0 Å². The molecule has 0 aliphatic heterocycles. The number of carbonyl (C=O) groups is 2. The molecule has 16 heavy (non-hydrogen) atoms. The minimum atomic E-state index is -0.498. The first kappa shape index (κ1) is 14.0. The van der Waals surface area contributed by atoms with E-state index in [1.807, 2.05) is 0 Å². The molecule has 0 saturated heterocycles. The van der Waals surface area contributed by atoms with Crippen LogP contribution in [0.5, 0.6) is 0 Å². The van der Waals surface area contributed by atoms with Crippen molar-refractivity contribution in [2.45, 2.75) is 6.92 Å². The molecule has 3 N–H and O–H groups in total. The Balaban J connectivity index is 4.45. The highest BCUT2D eigenvalue weighted by Crippen LogP contribution is 1.97. The highest BCUT2D eigenvalue weighted by molar-refractivity contribution is 5.97. The van der Waals surface area contributed by atoms with Crippen LogP contribution in [0.15, 0.2) is 36.1 Å². The third kappa shape index (κ3) is 5.64. The van der Waals surface area contributed by atoms with Gasteiger partial charge in [-0.05, 0) is 25.3 Å². The van der Waals surface area contributed by atoms with Gasteiger partial charge in [0.2, 0.25) is 0 Å². The van der Waals surface area contributed by atoms with Gasteiger partial charge in [-0.3, -0.25) is 9.59 Å². The predicted molar refractivity (Wildman–Crippen MR) is 61.3 cm³/mol. The van der Waals surface area contributed by atoms with Crippen molar-refractivity contribution in [2.75, 3.05) is 13.7 Å². The molecule has 0 atom stereocenters. The molecule has 0 aliphatic rings. The summed E-state index contributed by atoms with van der Waals surface area (Å²) in [4.78, 5) is 22.3. The molecule has 0 heterocycles. The first-order valence-electron chi connectivity index (χ1n) is 4.72. The maximum Gasteiger partial charge on any atom is 0.325 e. The topological polar surface area (TPSA) is 81.4 Å². The van der Waals surface area contributed by atoms with E-state index in [0.29, 0.717) is 5.57 Å². The van der Waals surface area contributed by atoms with Gasteiger partial charge in [0.25, 0.3) is 5.91 Å². The Kier molecular flexibility index (Phi) is 7.23. The monoisotopic (exact) mass is 224 g/mol. The van der Waals surface area contributed by atoms with Crippen LogP contribution in [-0.2, 0) is 14.3 Å². The Morgan fingerprint density at radius 2 is 2.12 bits per heavy atom. The highest BCUT2D eigenvalue weighted by Gasteiger charge is 2.07. The number of rotatable bonds is 5. The van der Waals surface area contributed by atoms with E-state index in [4.69, 9.17) is 5.73 Å². The molecule has 5 nitrogen and oxygen atoms in total. The van der Waals surface area contributed by atoms with Crippen molar-refractivity contribution >= 4 is 11.9 Å². The summed E-state index contributed by atoms with van der Waals surface area (Å²) >= 11 is 0. The number of esters is 1. The lowest BCUT2D eigenvalue weighted by Crippen LogP contribution is -2.30. The van der Waals surface area contributed by atoms with Gasteiger partial charge in [-0.1, -0.05) is 12.2 Å². The van der Waals surface area contributed by atoms with Gasteiger partial charge in [-0.2, -0.15) is 0 Å². The number of nitrogens with two attached hydrogens (primary N) is 1. The summed E-state index contributed by atoms with van der Waals surface area (Å²) in [6.45, 7) is 1.63. The Bertz CT molecular complexity index is 330. The quantitative estimate of drug-likeness (QED) is 0.398. The van der Waals surface area contributed by atoms with Crippen molar-refractivity contribution in [1.82, 2.24) is 5.32 Å². The van der Waals surface area contributed by atoms with Crippen LogP contribution in [0.25, 0.3) is 0 Å². The Morgan fingerprint density at radius 3 is 2.62 bits per heavy atom. The average molecular weight is 224 g/mol. The minimum Gasteiger partial charge on any atom is -0.468 e. The number of carbonyl (C=O) groups excluding carboxylic acids is 2. The van der Waals surface area contributed by atoms with E-state index in [-0.39, 0.29) is 12.5 Å². The molecule has 0 aromatic rings. The van der Waals surface area contributed by atoms with Crippen LogP contribution in [0.2, 0.25) is 0 Å². The standard InChI is InChI=1S/C11H16N2O3/c1-3-5-9(6-4-7-12)11(15)13-8-10(14)16-2/h3-7H,8,12H2,1-2H3,(H,13,15)/b5-3-,7-4+,9-6+. The van der Waals surface area contributed by atoms with Gasteiger partial charge < -0.3 is 15.8 Å². The molecule has 0 rings (SSSR count). The maximum absolute atomic E-state index is 11.5. The number of nitrogens with one attached hydrogen (secondary N) is 1. The van der Waals surface area contributed by atoms with Crippen LogP contribution < -0.4 is 11.1 Å². The van der Waals surface area contributed by atoms with Gasteiger partial charge in [0, 0.05) is 5.57 Å². The molecule has 0 saturated carbocycles. The second-order valence-corrected chi connectivity index (χ2v) is 2.77. The summed E-state index contributed by atoms with van der Waals surface area (Å²) in [6.07, 6.45) is 7.73. The van der Waals surface area contributed by atoms with E-state index < -0.39 is 5.97 Å². The molecule has 0 aromatic heterocycles. The summed E-state index contributed by atoms with van der Waals surface area (Å²) in [5.41, 5.74) is 5.57. The molecule has 0 aromatic carbocycles. The fraction of sp³-hybridized carbons (Fsp3) is 0.273. The number of ether oxygens (including phenoxy) is 1. The lowest BCUT2D eigenvalue weighted by atomic mass is 10.2. The lowest BCUT2D eigenvalue weighted by Gasteiger charge is -2.03. The lowest BCUT2D eigenvalue weighted by molar-refractivity contribution is -0.140. The van der Waals surface area contributed by atoms with Crippen LogP contribution in [0.4, 0.5) is 0 Å². The highest BCUT2D eigenvalue weighted by atomic mass is 16.5. The van der Waals surface area contributed by atoms with Gasteiger partial charge in [0.1, 0.15) is 6.54 Å². The average Bonchev–Trinajstić information content (AvgIpc) is 2.30. The SMILES string of the molecule is C\C=C/C(=C\C=C\N)C(=O)NCC(=O)OC. The molecule has 88 valence electrons. The zero-order valence-electron chi connectivity index (χ0n) is 9.40. The Labute approximate surface area is 94.6 Å². The maximum atomic E-state index is 11.5. The number of hydrogen-bond acceptors (Lipinski definition) is 4. The summed E-state index contributed by atoms with van der Waals surface area (Å²) in [7, 11) is 1.26. The molecule has 0 aliphatic carbocycles. The van der Waals surface area contributed by atoms with Crippen molar-refractivity contribution in [2.24, 2.45) is 5.73 Å². The Hall–Kier alpha value is -2.04. The van der Waals surface area contributed by atoms with Crippen LogP contribution in [0.1, 0.15) is 6.92 Å². The molecule has 0 fully saturated rings. The van der Waals surface area contributed by atoms with Crippen LogP contribution >= 0.6 is 0 Å². The zero-order valence-corrected chi connectivity index (χ0v) is 9.40. The Morgan fingerprint density at radius 1 is 1.44 bits per heavy atom. The van der Waals surface area contributed by atoms with Gasteiger partial charge in [-0.15, -0.1) is 0 Å². The summed E-state index contributed by atoms with van der Waals surface area (Å²) in [5, 5.41) is 2.42. The molecule has 0 bridgehead atoms. The van der Waals surface area contributed by atoms with Crippen molar-refractivity contribution < 1.29 is 14.3 Å². The summed E-state index contributed by atoms with van der Waals surface area (Å²) in [5.74, 6) is -0.857. The zero-order chi connectivity index (χ0) is 12.4. The fourth-order valence-electron chi connectivity index (χ4n) is 0.872. The van der Waals surface area contributed by atoms with E-state index in [9.17, 15) is 9.59 Å². The molecule has 0 spiro atoms. The second-order valence-electron chi connectivity index (χ2n) is 2.77. The second kappa shape index (κ2) is 8.28. The number of allylic oxidation sites excluding steroid dienone is 3. The van der Waals surface area contributed by atoms with Crippen LogP contribution in [0.3, 0.4) is 0 Å². The minimum absolute atomic E-state index is 0.156. The van der Waals surface area contributed by atoms with Gasteiger partial charge in [0.05, 0.1) is 7.11 Å².